The second-order valence-electron chi connectivity index (χ2n) is 5.74. The predicted molar refractivity (Wildman–Crippen MR) is 61.2 cm³/mol. The number of ether oxygens (including phenoxy) is 1. The molecule has 1 saturated carbocycles. The van der Waals surface area contributed by atoms with Crippen LogP contribution in [0.15, 0.2) is 0 Å². The number of hydrogen-bond acceptors (Lipinski definition) is 3. The summed E-state index contributed by atoms with van der Waals surface area (Å²) in [6, 6.07) is 0. The highest BCUT2D eigenvalue weighted by Gasteiger charge is 2.45. The van der Waals surface area contributed by atoms with Crippen LogP contribution in [-0.2, 0) is 14.3 Å². The van der Waals surface area contributed by atoms with Crippen LogP contribution in [0.3, 0.4) is 0 Å². The summed E-state index contributed by atoms with van der Waals surface area (Å²) < 4.78 is 5.11. The van der Waals surface area contributed by atoms with Crippen LogP contribution < -0.4 is 0 Å². The van der Waals surface area contributed by atoms with Crippen LogP contribution in [-0.4, -0.2) is 36.0 Å². The van der Waals surface area contributed by atoms with Crippen LogP contribution in [0, 0.1) is 5.41 Å². The summed E-state index contributed by atoms with van der Waals surface area (Å²) in [7, 11) is 0. The molecular formula is C13H19NO3. The van der Waals surface area contributed by atoms with Gasteiger partial charge in [0, 0.05) is 19.4 Å². The summed E-state index contributed by atoms with van der Waals surface area (Å²) >= 11 is 0. The SMILES string of the molecule is O=C1CC2(CCCC2)CC(=O)N1CCC1CO1. The Bertz CT molecular complexity index is 323. The minimum Gasteiger partial charge on any atom is -0.373 e. The van der Waals surface area contributed by atoms with Crippen molar-refractivity contribution in [2.24, 2.45) is 5.41 Å². The maximum Gasteiger partial charge on any atom is 0.229 e. The van der Waals surface area contributed by atoms with Crippen molar-refractivity contribution in [3.05, 3.63) is 0 Å². The first-order valence-corrected chi connectivity index (χ1v) is 6.63. The molecule has 2 aliphatic heterocycles. The van der Waals surface area contributed by atoms with Gasteiger partial charge in [-0.1, -0.05) is 12.8 Å². The van der Waals surface area contributed by atoms with Crippen molar-refractivity contribution >= 4 is 11.8 Å². The lowest BCUT2D eigenvalue weighted by Crippen LogP contribution is -2.47. The Morgan fingerprint density at radius 3 is 2.29 bits per heavy atom. The van der Waals surface area contributed by atoms with E-state index in [1.807, 2.05) is 0 Å². The molecule has 0 aromatic rings. The van der Waals surface area contributed by atoms with Gasteiger partial charge in [-0.25, -0.2) is 0 Å². The highest BCUT2D eigenvalue weighted by molar-refractivity contribution is 5.98. The summed E-state index contributed by atoms with van der Waals surface area (Å²) in [6.45, 7) is 1.35. The highest BCUT2D eigenvalue weighted by atomic mass is 16.6. The zero-order valence-electron chi connectivity index (χ0n) is 10.1. The fourth-order valence-electron chi connectivity index (χ4n) is 3.27. The maximum atomic E-state index is 12.1. The van der Waals surface area contributed by atoms with E-state index in [1.54, 1.807) is 0 Å². The fraction of sp³-hybridized carbons (Fsp3) is 0.846. The van der Waals surface area contributed by atoms with E-state index in [9.17, 15) is 9.59 Å². The van der Waals surface area contributed by atoms with Gasteiger partial charge in [0.05, 0.1) is 12.7 Å². The van der Waals surface area contributed by atoms with Gasteiger partial charge < -0.3 is 4.74 Å². The molecule has 94 valence electrons. The van der Waals surface area contributed by atoms with Gasteiger partial charge in [0.2, 0.25) is 11.8 Å². The van der Waals surface area contributed by atoms with Crippen LogP contribution in [0.2, 0.25) is 0 Å². The molecule has 0 aromatic carbocycles. The molecule has 2 saturated heterocycles. The number of rotatable bonds is 3. The topological polar surface area (TPSA) is 49.9 Å². The molecule has 1 atom stereocenters. The lowest BCUT2D eigenvalue weighted by molar-refractivity contribution is -0.153. The number of epoxide rings is 1. The molecule has 0 radical (unpaired) electrons. The summed E-state index contributed by atoms with van der Waals surface area (Å²) in [6.07, 6.45) is 6.75. The minimum atomic E-state index is 0.0285. The van der Waals surface area contributed by atoms with Gasteiger partial charge in [-0.05, 0) is 24.7 Å². The first-order valence-electron chi connectivity index (χ1n) is 6.63. The molecule has 0 N–H and O–H groups in total. The normalized spacial score (nSPS) is 31.3. The smallest absolute Gasteiger partial charge is 0.229 e. The van der Waals surface area contributed by atoms with Crippen molar-refractivity contribution in [1.29, 1.82) is 0 Å². The number of hydrogen-bond donors (Lipinski definition) is 0. The quantitative estimate of drug-likeness (QED) is 0.552. The van der Waals surface area contributed by atoms with E-state index in [1.165, 1.54) is 17.7 Å². The second-order valence-corrected chi connectivity index (χ2v) is 5.74. The number of carbonyl (C=O) groups is 2. The monoisotopic (exact) mass is 237 g/mol. The van der Waals surface area contributed by atoms with Crippen molar-refractivity contribution in [2.75, 3.05) is 13.2 Å². The number of imide groups is 1. The highest BCUT2D eigenvalue weighted by Crippen LogP contribution is 2.46. The largest absolute Gasteiger partial charge is 0.373 e. The van der Waals surface area contributed by atoms with Gasteiger partial charge >= 0.3 is 0 Å². The molecule has 3 rings (SSSR count). The zero-order valence-corrected chi connectivity index (χ0v) is 10.1. The van der Waals surface area contributed by atoms with E-state index in [2.05, 4.69) is 0 Å². The molecule has 2 amide bonds. The lowest BCUT2D eigenvalue weighted by atomic mass is 9.76. The Kier molecular flexibility index (Phi) is 2.69. The van der Waals surface area contributed by atoms with Crippen LogP contribution >= 0.6 is 0 Å². The molecule has 4 nitrogen and oxygen atoms in total. The summed E-state index contributed by atoms with van der Waals surface area (Å²) in [5.41, 5.74) is 0.0285. The fourth-order valence-corrected chi connectivity index (χ4v) is 3.27. The van der Waals surface area contributed by atoms with E-state index in [0.717, 1.165) is 25.9 Å². The number of likely N-dealkylation sites (tertiary alicyclic amines) is 1. The maximum absolute atomic E-state index is 12.1. The molecule has 1 aliphatic carbocycles. The van der Waals surface area contributed by atoms with Crippen molar-refractivity contribution < 1.29 is 14.3 Å². The van der Waals surface area contributed by atoms with Crippen LogP contribution in [0.25, 0.3) is 0 Å². The third-order valence-electron chi connectivity index (χ3n) is 4.40. The Morgan fingerprint density at radius 2 is 1.76 bits per heavy atom. The average molecular weight is 237 g/mol. The molecule has 3 fully saturated rings. The van der Waals surface area contributed by atoms with E-state index >= 15 is 0 Å². The third-order valence-corrected chi connectivity index (χ3v) is 4.40. The number of amides is 2. The second kappa shape index (κ2) is 4.09. The first kappa shape index (κ1) is 11.2. The Morgan fingerprint density at radius 1 is 1.18 bits per heavy atom. The lowest BCUT2D eigenvalue weighted by Gasteiger charge is -2.37. The van der Waals surface area contributed by atoms with Gasteiger partial charge in [-0.3, -0.25) is 14.5 Å². The molecule has 3 aliphatic rings. The predicted octanol–water partition coefficient (Wildman–Crippen LogP) is 1.48. The molecule has 0 aromatic heterocycles. The van der Waals surface area contributed by atoms with Gasteiger partial charge in [-0.15, -0.1) is 0 Å². The first-order chi connectivity index (χ1) is 8.19. The Hall–Kier alpha value is -0.900. The standard InChI is InChI=1S/C13H19NO3/c15-11-7-13(4-1-2-5-13)8-12(16)14(11)6-3-10-9-17-10/h10H,1-9H2. The Labute approximate surface area is 101 Å². The number of carbonyl (C=O) groups excluding carboxylic acids is 2. The van der Waals surface area contributed by atoms with Gasteiger partial charge in [0.1, 0.15) is 0 Å². The Balaban J connectivity index is 1.63. The summed E-state index contributed by atoms with van der Waals surface area (Å²) in [5.74, 6) is 0.0904. The molecular weight excluding hydrogens is 218 g/mol. The van der Waals surface area contributed by atoms with Crippen LogP contribution in [0.5, 0.6) is 0 Å². The van der Waals surface area contributed by atoms with Gasteiger partial charge in [0.15, 0.2) is 0 Å². The average Bonchev–Trinajstić information content (AvgIpc) is 2.99. The third kappa shape index (κ3) is 2.23. The van der Waals surface area contributed by atoms with E-state index in [-0.39, 0.29) is 23.3 Å². The van der Waals surface area contributed by atoms with Crippen LogP contribution in [0.1, 0.15) is 44.9 Å². The molecule has 4 heteroatoms. The van der Waals surface area contributed by atoms with E-state index in [4.69, 9.17) is 4.74 Å². The number of nitrogens with zero attached hydrogens (tertiary/aromatic N) is 1. The minimum absolute atomic E-state index is 0.0285. The molecule has 2 heterocycles. The summed E-state index contributed by atoms with van der Waals surface area (Å²) in [4.78, 5) is 25.6. The van der Waals surface area contributed by atoms with Gasteiger partial charge in [0.25, 0.3) is 0 Å². The number of piperidine rings is 1. The van der Waals surface area contributed by atoms with Crippen LogP contribution in [0.4, 0.5) is 0 Å². The van der Waals surface area contributed by atoms with Crippen molar-refractivity contribution in [3.8, 4) is 0 Å². The molecule has 1 spiro atoms. The summed E-state index contributed by atoms with van der Waals surface area (Å²) in [5, 5.41) is 0. The van der Waals surface area contributed by atoms with Crippen molar-refractivity contribution in [2.45, 2.75) is 51.0 Å². The molecule has 17 heavy (non-hydrogen) atoms. The van der Waals surface area contributed by atoms with E-state index in [0.29, 0.717) is 19.4 Å². The van der Waals surface area contributed by atoms with E-state index < -0.39 is 0 Å². The molecule has 1 unspecified atom stereocenters. The zero-order chi connectivity index (χ0) is 11.9. The molecule has 0 bridgehead atoms. The van der Waals surface area contributed by atoms with Gasteiger partial charge in [-0.2, -0.15) is 0 Å². The van der Waals surface area contributed by atoms with Crippen molar-refractivity contribution in [1.82, 2.24) is 4.90 Å². The van der Waals surface area contributed by atoms with Crippen molar-refractivity contribution in [3.63, 3.8) is 0 Å².